The van der Waals surface area contributed by atoms with E-state index in [0.717, 1.165) is 5.76 Å². The van der Waals surface area contributed by atoms with E-state index >= 15 is 0 Å². The largest absolute Gasteiger partial charge is 0.479 e. The second kappa shape index (κ2) is 4.51. The fourth-order valence-electron chi connectivity index (χ4n) is 1.69. The van der Waals surface area contributed by atoms with Crippen molar-refractivity contribution < 1.29 is 18.8 Å². The van der Waals surface area contributed by atoms with E-state index in [4.69, 9.17) is 14.0 Å². The SMILES string of the molecule is COc1cc(C2CN(C(=O)OC(C)(C)C)C2)on1. The molecule has 18 heavy (non-hydrogen) atoms. The molecule has 1 fully saturated rings. The number of rotatable bonds is 2. The van der Waals surface area contributed by atoms with Crippen molar-refractivity contribution in [1.29, 1.82) is 0 Å². The number of hydrogen-bond donors (Lipinski definition) is 0. The molecular weight excluding hydrogens is 236 g/mol. The molecule has 1 aliphatic heterocycles. The Morgan fingerprint density at radius 1 is 1.50 bits per heavy atom. The minimum absolute atomic E-state index is 0.175. The average Bonchev–Trinajstić information content (AvgIpc) is 2.60. The van der Waals surface area contributed by atoms with E-state index in [0.29, 0.717) is 19.0 Å². The third-order valence-corrected chi connectivity index (χ3v) is 2.65. The molecule has 0 unspecified atom stereocenters. The summed E-state index contributed by atoms with van der Waals surface area (Å²) in [6.07, 6.45) is -0.287. The Labute approximate surface area is 106 Å². The molecule has 1 saturated heterocycles. The lowest BCUT2D eigenvalue weighted by Crippen LogP contribution is -2.50. The van der Waals surface area contributed by atoms with Gasteiger partial charge in [-0.25, -0.2) is 4.79 Å². The number of hydrogen-bond acceptors (Lipinski definition) is 5. The van der Waals surface area contributed by atoms with Crippen molar-refractivity contribution in [2.24, 2.45) is 0 Å². The van der Waals surface area contributed by atoms with Gasteiger partial charge in [-0.05, 0) is 25.9 Å². The standard InChI is InChI=1S/C12H18N2O4/c1-12(2,3)17-11(15)14-6-8(7-14)9-5-10(16-4)13-18-9/h5,8H,6-7H2,1-4H3. The summed E-state index contributed by atoms with van der Waals surface area (Å²) in [5, 5.41) is 3.73. The Morgan fingerprint density at radius 2 is 2.17 bits per heavy atom. The van der Waals surface area contributed by atoms with Crippen LogP contribution in [0.1, 0.15) is 32.4 Å². The molecule has 0 aromatic carbocycles. The predicted molar refractivity (Wildman–Crippen MR) is 63.6 cm³/mol. The average molecular weight is 254 g/mol. The maximum atomic E-state index is 11.7. The number of aromatic nitrogens is 1. The fraction of sp³-hybridized carbons (Fsp3) is 0.667. The smallest absolute Gasteiger partial charge is 0.410 e. The normalized spacial score (nSPS) is 16.3. The Bertz CT molecular complexity index is 430. The van der Waals surface area contributed by atoms with Crippen LogP contribution in [0.15, 0.2) is 10.6 Å². The number of ether oxygens (including phenoxy) is 2. The third-order valence-electron chi connectivity index (χ3n) is 2.65. The van der Waals surface area contributed by atoms with E-state index in [2.05, 4.69) is 5.16 Å². The molecule has 0 spiro atoms. The first-order valence-corrected chi connectivity index (χ1v) is 5.87. The summed E-state index contributed by atoms with van der Waals surface area (Å²) >= 11 is 0. The van der Waals surface area contributed by atoms with Crippen molar-refractivity contribution in [3.8, 4) is 5.88 Å². The van der Waals surface area contributed by atoms with Crippen LogP contribution in [-0.2, 0) is 4.74 Å². The van der Waals surface area contributed by atoms with E-state index in [-0.39, 0.29) is 12.0 Å². The molecule has 0 N–H and O–H groups in total. The molecule has 1 aromatic heterocycles. The van der Waals surface area contributed by atoms with Gasteiger partial charge in [-0.1, -0.05) is 0 Å². The molecule has 1 aromatic rings. The maximum absolute atomic E-state index is 11.7. The van der Waals surface area contributed by atoms with E-state index in [1.54, 1.807) is 11.0 Å². The Balaban J connectivity index is 1.85. The number of carbonyl (C=O) groups excluding carboxylic acids is 1. The molecule has 0 aliphatic carbocycles. The summed E-state index contributed by atoms with van der Waals surface area (Å²) in [6, 6.07) is 1.75. The summed E-state index contributed by atoms with van der Waals surface area (Å²) in [5.74, 6) is 1.38. The Kier molecular flexibility index (Phi) is 3.19. The van der Waals surface area contributed by atoms with Gasteiger partial charge in [0, 0.05) is 19.2 Å². The van der Waals surface area contributed by atoms with Crippen molar-refractivity contribution >= 4 is 6.09 Å². The minimum Gasteiger partial charge on any atom is -0.479 e. The van der Waals surface area contributed by atoms with Crippen LogP contribution in [0.25, 0.3) is 0 Å². The molecule has 6 nitrogen and oxygen atoms in total. The zero-order valence-electron chi connectivity index (χ0n) is 11.1. The van der Waals surface area contributed by atoms with E-state index in [9.17, 15) is 4.79 Å². The van der Waals surface area contributed by atoms with Crippen molar-refractivity contribution in [2.75, 3.05) is 20.2 Å². The van der Waals surface area contributed by atoms with Crippen molar-refractivity contribution in [2.45, 2.75) is 32.3 Å². The summed E-state index contributed by atoms with van der Waals surface area (Å²) in [4.78, 5) is 13.4. The van der Waals surface area contributed by atoms with Crippen LogP contribution in [0.2, 0.25) is 0 Å². The summed E-state index contributed by atoms with van der Waals surface area (Å²) in [5.41, 5.74) is -0.461. The zero-order chi connectivity index (χ0) is 13.3. The van der Waals surface area contributed by atoms with Crippen LogP contribution in [0.4, 0.5) is 4.79 Å². The molecule has 2 heterocycles. The monoisotopic (exact) mass is 254 g/mol. The topological polar surface area (TPSA) is 64.8 Å². The predicted octanol–water partition coefficient (Wildman–Crippen LogP) is 2.02. The van der Waals surface area contributed by atoms with Gasteiger partial charge < -0.3 is 18.9 Å². The quantitative estimate of drug-likeness (QED) is 0.807. The van der Waals surface area contributed by atoms with Crippen LogP contribution in [0.5, 0.6) is 5.88 Å². The first-order chi connectivity index (χ1) is 8.39. The first kappa shape index (κ1) is 12.7. The lowest BCUT2D eigenvalue weighted by Gasteiger charge is -2.38. The third kappa shape index (κ3) is 2.75. The Hall–Kier alpha value is -1.72. The molecule has 0 saturated carbocycles. The van der Waals surface area contributed by atoms with E-state index in [1.807, 2.05) is 20.8 Å². The fourth-order valence-corrected chi connectivity index (χ4v) is 1.69. The van der Waals surface area contributed by atoms with Gasteiger partial charge in [-0.15, -0.1) is 0 Å². The maximum Gasteiger partial charge on any atom is 0.410 e. The number of likely N-dealkylation sites (tertiary alicyclic amines) is 1. The Morgan fingerprint density at radius 3 is 2.67 bits per heavy atom. The van der Waals surface area contributed by atoms with Crippen LogP contribution in [0.3, 0.4) is 0 Å². The van der Waals surface area contributed by atoms with Crippen LogP contribution < -0.4 is 4.74 Å². The highest BCUT2D eigenvalue weighted by molar-refractivity contribution is 5.69. The zero-order valence-corrected chi connectivity index (χ0v) is 11.1. The van der Waals surface area contributed by atoms with Gasteiger partial charge in [-0.2, -0.15) is 0 Å². The summed E-state index contributed by atoms with van der Waals surface area (Å²) in [6.45, 7) is 6.73. The van der Waals surface area contributed by atoms with Gasteiger partial charge in [0.1, 0.15) is 11.4 Å². The van der Waals surface area contributed by atoms with Crippen molar-refractivity contribution in [3.63, 3.8) is 0 Å². The molecule has 0 bridgehead atoms. The van der Waals surface area contributed by atoms with Gasteiger partial charge in [-0.3, -0.25) is 0 Å². The summed E-state index contributed by atoms with van der Waals surface area (Å²) < 4.78 is 15.3. The number of methoxy groups -OCH3 is 1. The first-order valence-electron chi connectivity index (χ1n) is 5.87. The number of carbonyl (C=O) groups is 1. The molecule has 6 heteroatoms. The van der Waals surface area contributed by atoms with Crippen LogP contribution in [0, 0.1) is 0 Å². The molecule has 0 radical (unpaired) electrons. The molecule has 1 amide bonds. The molecular formula is C12H18N2O4. The highest BCUT2D eigenvalue weighted by Crippen LogP contribution is 2.30. The van der Waals surface area contributed by atoms with Gasteiger partial charge in [0.25, 0.3) is 5.88 Å². The molecule has 100 valence electrons. The highest BCUT2D eigenvalue weighted by Gasteiger charge is 2.36. The second-order valence-corrected chi connectivity index (χ2v) is 5.35. The lowest BCUT2D eigenvalue weighted by molar-refractivity contribution is 0.00604. The number of nitrogens with zero attached hydrogens (tertiary/aromatic N) is 2. The van der Waals surface area contributed by atoms with Crippen LogP contribution in [-0.4, -0.2) is 42.0 Å². The highest BCUT2D eigenvalue weighted by atomic mass is 16.6. The lowest BCUT2D eigenvalue weighted by atomic mass is 9.98. The van der Waals surface area contributed by atoms with E-state index in [1.165, 1.54) is 7.11 Å². The van der Waals surface area contributed by atoms with Crippen molar-refractivity contribution in [3.05, 3.63) is 11.8 Å². The van der Waals surface area contributed by atoms with Gasteiger partial charge in [0.2, 0.25) is 0 Å². The molecule has 0 atom stereocenters. The van der Waals surface area contributed by atoms with Gasteiger partial charge in [0.05, 0.1) is 13.0 Å². The minimum atomic E-state index is -0.461. The van der Waals surface area contributed by atoms with Crippen LogP contribution >= 0.6 is 0 Å². The van der Waals surface area contributed by atoms with Gasteiger partial charge in [0.15, 0.2) is 0 Å². The summed E-state index contributed by atoms with van der Waals surface area (Å²) in [7, 11) is 1.54. The van der Waals surface area contributed by atoms with Crippen molar-refractivity contribution in [1.82, 2.24) is 10.1 Å². The van der Waals surface area contributed by atoms with E-state index < -0.39 is 5.60 Å². The molecule has 1 aliphatic rings. The second-order valence-electron chi connectivity index (χ2n) is 5.35. The van der Waals surface area contributed by atoms with Gasteiger partial charge >= 0.3 is 6.09 Å². The molecule has 2 rings (SSSR count). The number of amides is 1.